The van der Waals surface area contributed by atoms with Crippen molar-refractivity contribution in [2.75, 3.05) is 6.61 Å². The van der Waals surface area contributed by atoms with Gasteiger partial charge in [-0.25, -0.2) is 9.59 Å². The molecule has 3 rings (SSSR count). The Hall–Kier alpha value is -2.40. The van der Waals surface area contributed by atoms with Gasteiger partial charge < -0.3 is 14.6 Å². The van der Waals surface area contributed by atoms with E-state index in [1.54, 1.807) is 13.0 Å². The summed E-state index contributed by atoms with van der Waals surface area (Å²) >= 11 is 0. The molecule has 0 spiro atoms. The fourth-order valence-corrected chi connectivity index (χ4v) is 4.48. The van der Waals surface area contributed by atoms with Crippen LogP contribution in [0.1, 0.15) is 75.3 Å². The van der Waals surface area contributed by atoms with E-state index in [4.69, 9.17) is 9.47 Å². The highest BCUT2D eigenvalue weighted by atomic mass is 16.6. The third kappa shape index (κ3) is 7.06. The summed E-state index contributed by atoms with van der Waals surface area (Å²) in [7, 11) is 0. The van der Waals surface area contributed by atoms with Gasteiger partial charge in [-0.3, -0.25) is 0 Å². The predicted octanol–water partition coefficient (Wildman–Crippen LogP) is 4.94. The molecule has 5 nitrogen and oxygen atoms in total. The standard InChI is InChI=1S/C26H34O5/c1-18(2)26(29)30-17-20-10-14-24(23(27)16-20)31-25(28)15-11-19-8-12-22(13-9-19)21-6-4-3-5-7-21/h8-9,11-13,15,20-21,23-24,27H,1,3-7,10,14,16-17H2,2H3/b15-11+. The first-order chi connectivity index (χ1) is 14.9. The van der Waals surface area contributed by atoms with Crippen molar-refractivity contribution in [3.63, 3.8) is 0 Å². The number of aliphatic hydroxyl groups excluding tert-OH is 1. The number of aliphatic hydroxyl groups is 1. The summed E-state index contributed by atoms with van der Waals surface area (Å²) in [6, 6.07) is 8.40. The van der Waals surface area contributed by atoms with Crippen LogP contribution in [0, 0.1) is 5.92 Å². The number of benzene rings is 1. The summed E-state index contributed by atoms with van der Waals surface area (Å²) in [6.45, 7) is 5.41. The lowest BCUT2D eigenvalue weighted by Gasteiger charge is -2.32. The van der Waals surface area contributed by atoms with Crippen molar-refractivity contribution in [3.8, 4) is 0 Å². The van der Waals surface area contributed by atoms with E-state index in [2.05, 4.69) is 18.7 Å². The molecule has 2 fully saturated rings. The maximum atomic E-state index is 12.2. The number of hydrogen-bond donors (Lipinski definition) is 1. The molecule has 168 valence electrons. The van der Waals surface area contributed by atoms with Crippen molar-refractivity contribution in [2.45, 2.75) is 76.4 Å². The summed E-state index contributed by atoms with van der Waals surface area (Å²) in [5, 5.41) is 10.3. The number of ether oxygens (including phenoxy) is 2. The first-order valence-electron chi connectivity index (χ1n) is 11.4. The zero-order valence-electron chi connectivity index (χ0n) is 18.4. The van der Waals surface area contributed by atoms with E-state index in [9.17, 15) is 14.7 Å². The van der Waals surface area contributed by atoms with Crippen molar-refractivity contribution in [3.05, 3.63) is 53.6 Å². The number of carbonyl (C=O) groups excluding carboxylic acids is 2. The highest BCUT2D eigenvalue weighted by Crippen LogP contribution is 2.32. The lowest BCUT2D eigenvalue weighted by molar-refractivity contribution is -0.154. The van der Waals surface area contributed by atoms with Gasteiger partial charge in [-0.2, -0.15) is 0 Å². The molecular weight excluding hydrogens is 392 g/mol. The molecule has 2 saturated carbocycles. The van der Waals surface area contributed by atoms with Crippen LogP contribution < -0.4 is 0 Å². The fourth-order valence-electron chi connectivity index (χ4n) is 4.48. The molecule has 5 heteroatoms. The van der Waals surface area contributed by atoms with Crippen molar-refractivity contribution in [2.24, 2.45) is 5.92 Å². The molecular formula is C26H34O5. The summed E-state index contributed by atoms with van der Waals surface area (Å²) in [5.41, 5.74) is 2.70. The van der Waals surface area contributed by atoms with E-state index >= 15 is 0 Å². The van der Waals surface area contributed by atoms with Gasteiger partial charge in [-0.05, 0) is 68.1 Å². The average molecular weight is 427 g/mol. The number of rotatable bonds is 7. The van der Waals surface area contributed by atoms with Crippen LogP contribution in [-0.2, 0) is 19.1 Å². The Morgan fingerprint density at radius 3 is 2.45 bits per heavy atom. The van der Waals surface area contributed by atoms with Gasteiger partial charge in [0.15, 0.2) is 0 Å². The van der Waals surface area contributed by atoms with Gasteiger partial charge in [-0.1, -0.05) is 50.1 Å². The Balaban J connectivity index is 1.43. The molecule has 0 heterocycles. The quantitative estimate of drug-likeness (QED) is 0.494. The molecule has 1 N–H and O–H groups in total. The van der Waals surface area contributed by atoms with E-state index in [-0.39, 0.29) is 12.5 Å². The molecule has 2 aliphatic carbocycles. The van der Waals surface area contributed by atoms with Crippen LogP contribution in [0.15, 0.2) is 42.5 Å². The summed E-state index contributed by atoms with van der Waals surface area (Å²) < 4.78 is 10.6. The fraction of sp³-hybridized carbons (Fsp3) is 0.538. The first kappa shape index (κ1) is 23.3. The van der Waals surface area contributed by atoms with Gasteiger partial charge in [0.25, 0.3) is 0 Å². The molecule has 0 amide bonds. The second-order valence-electron chi connectivity index (χ2n) is 8.94. The molecule has 0 bridgehead atoms. The van der Waals surface area contributed by atoms with Gasteiger partial charge in [0.05, 0.1) is 12.7 Å². The maximum absolute atomic E-state index is 12.2. The lowest BCUT2D eigenvalue weighted by atomic mass is 9.84. The molecule has 1 aromatic rings. The van der Waals surface area contributed by atoms with Gasteiger partial charge >= 0.3 is 11.9 Å². The summed E-state index contributed by atoms with van der Waals surface area (Å²) in [4.78, 5) is 23.7. The highest BCUT2D eigenvalue weighted by Gasteiger charge is 2.32. The maximum Gasteiger partial charge on any atom is 0.333 e. The zero-order chi connectivity index (χ0) is 22.2. The van der Waals surface area contributed by atoms with Crippen LogP contribution in [0.5, 0.6) is 0 Å². The molecule has 3 unspecified atom stereocenters. The Kier molecular flexibility index (Phi) is 8.47. The minimum Gasteiger partial charge on any atom is -0.462 e. The predicted molar refractivity (Wildman–Crippen MR) is 120 cm³/mol. The van der Waals surface area contributed by atoms with Crippen molar-refractivity contribution >= 4 is 18.0 Å². The van der Waals surface area contributed by atoms with Gasteiger partial charge in [0.1, 0.15) is 6.10 Å². The molecule has 1 aromatic carbocycles. The van der Waals surface area contributed by atoms with Gasteiger partial charge in [-0.15, -0.1) is 0 Å². The lowest BCUT2D eigenvalue weighted by Crippen LogP contribution is -2.38. The minimum atomic E-state index is -0.755. The van der Waals surface area contributed by atoms with Crippen LogP contribution in [-0.4, -0.2) is 35.9 Å². The summed E-state index contributed by atoms with van der Waals surface area (Å²) in [5.74, 6) is -0.142. The number of esters is 2. The van der Waals surface area contributed by atoms with Gasteiger partial charge in [0.2, 0.25) is 0 Å². The second-order valence-corrected chi connectivity index (χ2v) is 8.94. The van der Waals surface area contributed by atoms with Crippen LogP contribution >= 0.6 is 0 Å². The number of carbonyl (C=O) groups is 2. The molecule has 0 radical (unpaired) electrons. The highest BCUT2D eigenvalue weighted by molar-refractivity contribution is 5.87. The van der Waals surface area contributed by atoms with E-state index < -0.39 is 24.1 Å². The Morgan fingerprint density at radius 1 is 1.10 bits per heavy atom. The first-order valence-corrected chi connectivity index (χ1v) is 11.4. The number of hydrogen-bond acceptors (Lipinski definition) is 5. The van der Waals surface area contributed by atoms with Crippen LogP contribution in [0.3, 0.4) is 0 Å². The topological polar surface area (TPSA) is 72.8 Å². The largest absolute Gasteiger partial charge is 0.462 e. The Bertz CT molecular complexity index is 789. The Morgan fingerprint density at radius 2 is 1.81 bits per heavy atom. The van der Waals surface area contributed by atoms with Gasteiger partial charge in [0, 0.05) is 11.6 Å². The SMILES string of the molecule is C=C(C)C(=O)OCC1CCC(OC(=O)/C=C/c2ccc(C3CCCCC3)cc2)C(O)C1. The van der Waals surface area contributed by atoms with E-state index in [0.29, 0.717) is 24.3 Å². The third-order valence-electron chi connectivity index (χ3n) is 6.35. The zero-order valence-corrected chi connectivity index (χ0v) is 18.4. The smallest absolute Gasteiger partial charge is 0.333 e. The minimum absolute atomic E-state index is 0.0615. The Labute approximate surface area is 185 Å². The molecule has 2 aliphatic rings. The second kappa shape index (κ2) is 11.3. The third-order valence-corrected chi connectivity index (χ3v) is 6.35. The molecule has 0 aromatic heterocycles. The monoisotopic (exact) mass is 426 g/mol. The van der Waals surface area contributed by atoms with Crippen LogP contribution in [0.4, 0.5) is 0 Å². The van der Waals surface area contributed by atoms with E-state index in [0.717, 1.165) is 12.0 Å². The average Bonchev–Trinajstić information content (AvgIpc) is 2.78. The normalized spacial score (nSPS) is 24.6. The van der Waals surface area contributed by atoms with Crippen molar-refractivity contribution < 1.29 is 24.2 Å². The molecule has 3 atom stereocenters. The van der Waals surface area contributed by atoms with Crippen molar-refractivity contribution in [1.29, 1.82) is 0 Å². The summed E-state index contributed by atoms with van der Waals surface area (Å²) in [6.07, 6.45) is 10.1. The van der Waals surface area contributed by atoms with Crippen LogP contribution in [0.2, 0.25) is 0 Å². The molecule has 31 heavy (non-hydrogen) atoms. The van der Waals surface area contributed by atoms with E-state index in [1.165, 1.54) is 43.7 Å². The molecule has 0 aliphatic heterocycles. The van der Waals surface area contributed by atoms with Crippen molar-refractivity contribution in [1.82, 2.24) is 0 Å². The van der Waals surface area contributed by atoms with E-state index in [1.807, 2.05) is 12.1 Å². The molecule has 0 saturated heterocycles. The van der Waals surface area contributed by atoms with Crippen LogP contribution in [0.25, 0.3) is 6.08 Å².